The lowest BCUT2D eigenvalue weighted by molar-refractivity contribution is 0.277. The zero-order chi connectivity index (χ0) is 9.14. The van der Waals surface area contributed by atoms with Crippen LogP contribution in [0.5, 0.6) is 0 Å². The van der Waals surface area contributed by atoms with E-state index in [9.17, 15) is 4.39 Å². The van der Waals surface area contributed by atoms with Crippen LogP contribution in [0.2, 0.25) is 0 Å². The maximum Gasteiger partial charge on any atom is 0.109 e. The molecule has 0 aromatic carbocycles. The highest BCUT2D eigenvalue weighted by molar-refractivity contribution is 5.35. The monoisotopic (exact) mass is 169 g/mol. The molecular weight excluding hydrogens is 157 g/mol. The van der Waals surface area contributed by atoms with Gasteiger partial charge in [0.2, 0.25) is 0 Å². The summed E-state index contributed by atoms with van der Waals surface area (Å²) in [5.41, 5.74) is 6.84. The molecule has 0 amide bonds. The molecule has 0 saturated carbocycles. The lowest BCUT2D eigenvalue weighted by atomic mass is 10.2. The molecule has 0 spiro atoms. The van der Waals surface area contributed by atoms with Crippen LogP contribution in [0.4, 0.5) is 4.39 Å². The third kappa shape index (κ3) is 1.87. The number of rotatable bonds is 1. The van der Waals surface area contributed by atoms with Crippen molar-refractivity contribution in [2.45, 2.75) is 13.3 Å². The largest absolute Gasteiger partial charge is 0.501 e. The average molecular weight is 169 g/mol. The van der Waals surface area contributed by atoms with Crippen LogP contribution in [-0.2, 0) is 4.74 Å². The van der Waals surface area contributed by atoms with Crippen molar-refractivity contribution < 1.29 is 9.13 Å². The Morgan fingerprint density at radius 1 is 1.50 bits per heavy atom. The van der Waals surface area contributed by atoms with E-state index in [0.29, 0.717) is 11.5 Å². The van der Waals surface area contributed by atoms with Gasteiger partial charge in [0, 0.05) is 5.70 Å². The number of hydrogen-bond acceptors (Lipinski definition) is 2. The number of ether oxygens (including phenoxy) is 1. The van der Waals surface area contributed by atoms with Crippen LogP contribution < -0.4 is 5.73 Å². The lowest BCUT2D eigenvalue weighted by Crippen LogP contribution is -1.95. The van der Waals surface area contributed by atoms with Crippen LogP contribution in [0.1, 0.15) is 13.3 Å². The van der Waals surface area contributed by atoms with Crippen molar-refractivity contribution in [2.75, 3.05) is 7.11 Å². The van der Waals surface area contributed by atoms with Crippen molar-refractivity contribution in [2.24, 2.45) is 5.73 Å². The van der Waals surface area contributed by atoms with Crippen LogP contribution >= 0.6 is 0 Å². The Bertz CT molecular complexity index is 276. The summed E-state index contributed by atoms with van der Waals surface area (Å²) in [4.78, 5) is 0. The fourth-order valence-electron chi connectivity index (χ4n) is 1.01. The molecule has 2 nitrogen and oxygen atoms in total. The van der Waals surface area contributed by atoms with Crippen LogP contribution in [0.3, 0.4) is 0 Å². The van der Waals surface area contributed by atoms with Gasteiger partial charge in [0.1, 0.15) is 11.6 Å². The first-order chi connectivity index (χ1) is 5.63. The van der Waals surface area contributed by atoms with Gasteiger partial charge in [-0.2, -0.15) is 0 Å². The molecule has 12 heavy (non-hydrogen) atoms. The second-order valence-corrected chi connectivity index (χ2v) is 2.72. The minimum absolute atomic E-state index is 0.189. The Hall–Kier alpha value is -1.25. The molecule has 2 N–H and O–H groups in total. The van der Waals surface area contributed by atoms with Gasteiger partial charge < -0.3 is 10.5 Å². The molecular formula is C9H12FNO. The molecule has 0 aromatic rings. The minimum atomic E-state index is -0.266. The second-order valence-electron chi connectivity index (χ2n) is 2.72. The Morgan fingerprint density at radius 3 is 2.75 bits per heavy atom. The molecule has 0 fully saturated rings. The summed E-state index contributed by atoms with van der Waals surface area (Å²) < 4.78 is 17.9. The molecule has 0 atom stereocenters. The van der Waals surface area contributed by atoms with Gasteiger partial charge in [-0.1, -0.05) is 0 Å². The zero-order valence-corrected chi connectivity index (χ0v) is 7.23. The van der Waals surface area contributed by atoms with E-state index in [1.165, 1.54) is 13.2 Å². The Balaban J connectivity index is 3.02. The second kappa shape index (κ2) is 3.43. The molecule has 0 aromatic heterocycles. The highest BCUT2D eigenvalue weighted by atomic mass is 19.1. The van der Waals surface area contributed by atoms with E-state index >= 15 is 0 Å². The Morgan fingerprint density at radius 2 is 2.17 bits per heavy atom. The van der Waals surface area contributed by atoms with Crippen LogP contribution in [0, 0.1) is 0 Å². The summed E-state index contributed by atoms with van der Waals surface area (Å²) in [6.07, 6.45) is 3.27. The Kier molecular flexibility index (Phi) is 2.53. The minimum Gasteiger partial charge on any atom is -0.501 e. The first kappa shape index (κ1) is 8.84. The van der Waals surface area contributed by atoms with E-state index < -0.39 is 0 Å². The molecule has 1 rings (SSSR count). The van der Waals surface area contributed by atoms with Crippen LogP contribution in [0.15, 0.2) is 35.0 Å². The van der Waals surface area contributed by atoms with Crippen molar-refractivity contribution in [3.05, 3.63) is 35.0 Å². The highest BCUT2D eigenvalue weighted by Gasteiger charge is 2.08. The Labute approximate surface area is 71.2 Å². The number of methoxy groups -OCH3 is 1. The van der Waals surface area contributed by atoms with Gasteiger partial charge in [0.15, 0.2) is 0 Å². The number of allylic oxidation sites excluding steroid dienone is 4. The van der Waals surface area contributed by atoms with Gasteiger partial charge in [-0.25, -0.2) is 4.39 Å². The standard InChI is InChI=1S/C9H12FNO/c1-6-3-8(12-2)4-7(10)5-9(6)11/h3,5H,4,11H2,1-2H3. The number of nitrogens with two attached hydrogens (primary N) is 1. The summed E-state index contributed by atoms with van der Waals surface area (Å²) in [6, 6.07) is 0. The van der Waals surface area contributed by atoms with Crippen LogP contribution in [0.25, 0.3) is 0 Å². The maximum atomic E-state index is 12.9. The van der Waals surface area contributed by atoms with E-state index in [0.717, 1.165) is 5.57 Å². The van der Waals surface area contributed by atoms with Crippen LogP contribution in [-0.4, -0.2) is 7.11 Å². The molecule has 1 aliphatic rings. The summed E-state index contributed by atoms with van der Waals surface area (Å²) in [5.74, 6) is 0.333. The van der Waals surface area contributed by atoms with Crippen molar-refractivity contribution in [1.82, 2.24) is 0 Å². The van der Waals surface area contributed by atoms with Crippen molar-refractivity contribution in [1.29, 1.82) is 0 Å². The summed E-state index contributed by atoms with van der Waals surface area (Å²) in [5, 5.41) is 0. The summed E-state index contributed by atoms with van der Waals surface area (Å²) in [7, 11) is 1.52. The van der Waals surface area contributed by atoms with Crippen molar-refractivity contribution in [3.8, 4) is 0 Å². The quantitative estimate of drug-likeness (QED) is 0.651. The molecule has 0 bridgehead atoms. The van der Waals surface area contributed by atoms with E-state index in [-0.39, 0.29) is 12.2 Å². The molecule has 0 heterocycles. The number of hydrogen-bond donors (Lipinski definition) is 1. The van der Waals surface area contributed by atoms with E-state index in [4.69, 9.17) is 10.5 Å². The molecule has 1 aliphatic carbocycles. The van der Waals surface area contributed by atoms with E-state index in [1.54, 1.807) is 6.08 Å². The average Bonchev–Trinajstić information content (AvgIpc) is 2.12. The molecule has 0 radical (unpaired) electrons. The predicted molar refractivity (Wildman–Crippen MR) is 45.8 cm³/mol. The first-order valence-electron chi connectivity index (χ1n) is 3.70. The third-order valence-corrected chi connectivity index (χ3v) is 1.75. The summed E-state index contributed by atoms with van der Waals surface area (Å²) in [6.45, 7) is 1.82. The number of halogens is 1. The predicted octanol–water partition coefficient (Wildman–Crippen LogP) is 2.01. The van der Waals surface area contributed by atoms with Gasteiger partial charge in [0.25, 0.3) is 0 Å². The van der Waals surface area contributed by atoms with Crippen molar-refractivity contribution in [3.63, 3.8) is 0 Å². The van der Waals surface area contributed by atoms with Gasteiger partial charge in [-0.3, -0.25) is 0 Å². The zero-order valence-electron chi connectivity index (χ0n) is 7.23. The normalized spacial score (nSPS) is 18.2. The smallest absolute Gasteiger partial charge is 0.109 e. The molecule has 3 heteroatoms. The lowest BCUT2D eigenvalue weighted by Gasteiger charge is -2.01. The maximum absolute atomic E-state index is 12.9. The molecule has 66 valence electrons. The fourth-order valence-corrected chi connectivity index (χ4v) is 1.01. The molecule has 0 aliphatic heterocycles. The van der Waals surface area contributed by atoms with Crippen molar-refractivity contribution >= 4 is 0 Å². The highest BCUT2D eigenvalue weighted by Crippen LogP contribution is 2.20. The fraction of sp³-hybridized carbons (Fsp3) is 0.333. The summed E-state index contributed by atoms with van der Waals surface area (Å²) >= 11 is 0. The third-order valence-electron chi connectivity index (χ3n) is 1.75. The van der Waals surface area contributed by atoms with Gasteiger partial charge in [-0.15, -0.1) is 0 Å². The van der Waals surface area contributed by atoms with E-state index in [1.807, 2.05) is 6.92 Å². The SMILES string of the molecule is COC1=CC(C)=C(N)C=C(F)C1. The topological polar surface area (TPSA) is 35.2 Å². The molecule has 0 saturated heterocycles. The van der Waals surface area contributed by atoms with Gasteiger partial charge in [-0.05, 0) is 24.6 Å². The molecule has 0 unspecified atom stereocenters. The van der Waals surface area contributed by atoms with E-state index in [2.05, 4.69) is 0 Å². The van der Waals surface area contributed by atoms with Gasteiger partial charge >= 0.3 is 0 Å². The first-order valence-corrected chi connectivity index (χ1v) is 3.70. The van der Waals surface area contributed by atoms with Gasteiger partial charge in [0.05, 0.1) is 13.5 Å².